The molecule has 0 saturated heterocycles. The van der Waals surface area contributed by atoms with Gasteiger partial charge in [-0.3, -0.25) is 10.1 Å². The van der Waals surface area contributed by atoms with Gasteiger partial charge < -0.3 is 9.84 Å². The molecule has 0 aromatic heterocycles. The van der Waals surface area contributed by atoms with Crippen LogP contribution in [-0.2, 0) is 9.53 Å². The molecule has 0 aromatic rings. The third-order valence-electron chi connectivity index (χ3n) is 2.96. The fourth-order valence-electron chi connectivity index (χ4n) is 1.54. The number of carboxylic acids is 1. The van der Waals surface area contributed by atoms with Gasteiger partial charge in [0.05, 0.1) is 0 Å². The van der Waals surface area contributed by atoms with E-state index in [4.69, 9.17) is 4.74 Å². The Bertz CT molecular complexity index is 228. The van der Waals surface area contributed by atoms with E-state index in [-0.39, 0.29) is 0 Å². The maximum absolute atomic E-state index is 11.2. The summed E-state index contributed by atoms with van der Waals surface area (Å²) in [5, 5.41) is 12.4. The van der Waals surface area contributed by atoms with E-state index in [0.29, 0.717) is 19.1 Å². The maximum atomic E-state index is 11.2. The fourth-order valence-corrected chi connectivity index (χ4v) is 1.54. The Labute approximate surface area is 97.4 Å². The quantitative estimate of drug-likeness (QED) is 0.592. The van der Waals surface area contributed by atoms with Gasteiger partial charge in [-0.2, -0.15) is 0 Å². The van der Waals surface area contributed by atoms with Crippen molar-refractivity contribution in [3.8, 4) is 0 Å². The Morgan fingerprint density at radius 1 is 1.50 bits per heavy atom. The van der Waals surface area contributed by atoms with E-state index in [0.717, 1.165) is 32.3 Å². The molecule has 94 valence electrons. The highest BCUT2D eigenvalue weighted by Gasteiger charge is 2.38. The van der Waals surface area contributed by atoms with Gasteiger partial charge >= 0.3 is 5.97 Å². The van der Waals surface area contributed by atoms with Crippen LogP contribution >= 0.6 is 0 Å². The van der Waals surface area contributed by atoms with Gasteiger partial charge in [-0.25, -0.2) is 0 Å². The second-order valence-corrected chi connectivity index (χ2v) is 4.77. The van der Waals surface area contributed by atoms with Crippen LogP contribution in [0.2, 0.25) is 0 Å². The summed E-state index contributed by atoms with van der Waals surface area (Å²) in [4.78, 5) is 11.2. The van der Waals surface area contributed by atoms with Gasteiger partial charge in [-0.15, -0.1) is 0 Å². The van der Waals surface area contributed by atoms with Crippen LogP contribution < -0.4 is 5.32 Å². The average molecular weight is 229 g/mol. The molecular formula is C12H23NO3. The lowest BCUT2D eigenvalue weighted by molar-refractivity contribution is -0.145. The molecule has 0 radical (unpaired) electrons. The first-order valence-corrected chi connectivity index (χ1v) is 6.17. The van der Waals surface area contributed by atoms with Crippen molar-refractivity contribution in [1.82, 2.24) is 5.32 Å². The Hall–Kier alpha value is -0.610. The maximum Gasteiger partial charge on any atom is 0.323 e. The summed E-state index contributed by atoms with van der Waals surface area (Å²) < 4.78 is 5.42. The molecule has 0 bridgehead atoms. The predicted molar refractivity (Wildman–Crippen MR) is 62.5 cm³/mol. The highest BCUT2D eigenvalue weighted by Crippen LogP contribution is 2.24. The van der Waals surface area contributed by atoms with E-state index in [1.165, 1.54) is 0 Å². The Morgan fingerprint density at radius 2 is 2.19 bits per heavy atom. The standard InChI is InChI=1S/C12H23NO3/c1-3-4-8-16-9-7-12(2,11(14)15)13-10-5-6-10/h10,13H,3-9H2,1-2H3,(H,14,15). The molecule has 0 heterocycles. The van der Waals surface area contributed by atoms with Gasteiger partial charge in [0.25, 0.3) is 0 Å². The molecule has 0 amide bonds. The minimum absolute atomic E-state index is 0.400. The molecule has 1 saturated carbocycles. The van der Waals surface area contributed by atoms with Crippen molar-refractivity contribution >= 4 is 5.97 Å². The van der Waals surface area contributed by atoms with E-state index >= 15 is 0 Å². The van der Waals surface area contributed by atoms with Crippen LogP contribution in [-0.4, -0.2) is 35.9 Å². The summed E-state index contributed by atoms with van der Waals surface area (Å²) in [6, 6.07) is 0.400. The lowest BCUT2D eigenvalue weighted by atomic mass is 9.98. The first-order chi connectivity index (χ1) is 7.58. The number of carboxylic acid groups (broad SMARTS) is 1. The van der Waals surface area contributed by atoms with Crippen LogP contribution in [0.15, 0.2) is 0 Å². The van der Waals surface area contributed by atoms with Crippen molar-refractivity contribution in [3.05, 3.63) is 0 Å². The Morgan fingerprint density at radius 3 is 2.69 bits per heavy atom. The molecule has 0 aliphatic heterocycles. The number of hydrogen-bond acceptors (Lipinski definition) is 3. The largest absolute Gasteiger partial charge is 0.480 e. The lowest BCUT2D eigenvalue weighted by Crippen LogP contribution is -2.51. The summed E-state index contributed by atoms with van der Waals surface area (Å²) in [5.41, 5.74) is -0.826. The Balaban J connectivity index is 2.23. The van der Waals surface area contributed by atoms with Crippen molar-refractivity contribution < 1.29 is 14.6 Å². The van der Waals surface area contributed by atoms with Crippen molar-refractivity contribution in [3.63, 3.8) is 0 Å². The second-order valence-electron chi connectivity index (χ2n) is 4.77. The van der Waals surface area contributed by atoms with Crippen LogP contribution in [0.25, 0.3) is 0 Å². The first-order valence-electron chi connectivity index (χ1n) is 6.17. The molecule has 4 heteroatoms. The van der Waals surface area contributed by atoms with E-state index in [9.17, 15) is 9.90 Å². The van der Waals surface area contributed by atoms with E-state index in [1.54, 1.807) is 6.92 Å². The van der Waals surface area contributed by atoms with Gasteiger partial charge in [0.2, 0.25) is 0 Å². The smallest absolute Gasteiger partial charge is 0.323 e. The fraction of sp³-hybridized carbons (Fsp3) is 0.917. The molecule has 1 aliphatic carbocycles. The van der Waals surface area contributed by atoms with Crippen LogP contribution in [0.1, 0.15) is 46.0 Å². The van der Waals surface area contributed by atoms with Crippen LogP contribution in [0.3, 0.4) is 0 Å². The highest BCUT2D eigenvalue weighted by molar-refractivity contribution is 5.78. The van der Waals surface area contributed by atoms with Gasteiger partial charge in [0.15, 0.2) is 0 Å². The SMILES string of the molecule is CCCCOCCC(C)(NC1CC1)C(=O)O. The van der Waals surface area contributed by atoms with Crippen molar-refractivity contribution in [2.24, 2.45) is 0 Å². The monoisotopic (exact) mass is 229 g/mol. The minimum Gasteiger partial charge on any atom is -0.480 e. The average Bonchev–Trinajstić information content (AvgIpc) is 3.01. The molecular weight excluding hydrogens is 206 g/mol. The molecule has 2 N–H and O–H groups in total. The number of aliphatic carboxylic acids is 1. The zero-order chi connectivity index (χ0) is 12.0. The summed E-state index contributed by atoms with van der Waals surface area (Å²) in [7, 11) is 0. The Kier molecular flexibility index (Phi) is 5.22. The number of carbonyl (C=O) groups is 1. The third kappa shape index (κ3) is 4.49. The molecule has 4 nitrogen and oxygen atoms in total. The normalized spacial score (nSPS) is 19.4. The number of nitrogens with one attached hydrogen (secondary N) is 1. The lowest BCUT2D eigenvalue weighted by Gasteiger charge is -2.26. The first kappa shape index (κ1) is 13.5. The van der Waals surface area contributed by atoms with Crippen LogP contribution in [0.5, 0.6) is 0 Å². The summed E-state index contributed by atoms with van der Waals surface area (Å²) in [6.07, 6.45) is 4.87. The van der Waals surface area contributed by atoms with Crippen molar-refractivity contribution in [1.29, 1.82) is 0 Å². The van der Waals surface area contributed by atoms with Gasteiger partial charge in [-0.05, 0) is 32.6 Å². The number of rotatable bonds is 9. The zero-order valence-electron chi connectivity index (χ0n) is 10.3. The van der Waals surface area contributed by atoms with Crippen LogP contribution in [0, 0.1) is 0 Å². The summed E-state index contributed by atoms with van der Waals surface area (Å²) in [5.74, 6) is -0.779. The highest BCUT2D eigenvalue weighted by atomic mass is 16.5. The molecule has 0 spiro atoms. The van der Waals surface area contributed by atoms with E-state index < -0.39 is 11.5 Å². The second kappa shape index (κ2) is 6.21. The van der Waals surface area contributed by atoms with Crippen molar-refractivity contribution in [2.75, 3.05) is 13.2 Å². The summed E-state index contributed by atoms with van der Waals surface area (Å²) in [6.45, 7) is 5.11. The number of hydrogen-bond donors (Lipinski definition) is 2. The van der Waals surface area contributed by atoms with Crippen LogP contribution in [0.4, 0.5) is 0 Å². The predicted octanol–water partition coefficient (Wildman–Crippen LogP) is 1.79. The number of ether oxygens (including phenoxy) is 1. The third-order valence-corrected chi connectivity index (χ3v) is 2.96. The van der Waals surface area contributed by atoms with Gasteiger partial charge in [-0.1, -0.05) is 13.3 Å². The molecule has 1 aliphatic rings. The van der Waals surface area contributed by atoms with E-state index in [2.05, 4.69) is 12.2 Å². The molecule has 16 heavy (non-hydrogen) atoms. The molecule has 1 fully saturated rings. The topological polar surface area (TPSA) is 58.6 Å². The molecule has 1 atom stereocenters. The van der Waals surface area contributed by atoms with E-state index in [1.807, 2.05) is 0 Å². The van der Waals surface area contributed by atoms with Gasteiger partial charge in [0, 0.05) is 19.3 Å². The molecule has 1 unspecified atom stereocenters. The molecule has 1 rings (SSSR count). The zero-order valence-corrected chi connectivity index (χ0v) is 10.3. The van der Waals surface area contributed by atoms with Crippen molar-refractivity contribution in [2.45, 2.75) is 57.5 Å². The molecule has 0 aromatic carbocycles. The number of unbranched alkanes of at least 4 members (excludes halogenated alkanes) is 1. The minimum atomic E-state index is -0.826. The summed E-state index contributed by atoms with van der Waals surface area (Å²) >= 11 is 0. The van der Waals surface area contributed by atoms with Gasteiger partial charge in [0.1, 0.15) is 5.54 Å².